The number of hydrogen-bond acceptors (Lipinski definition) is 3. The molecule has 120 valence electrons. The number of nitrogens with one attached hydrogen (secondary N) is 2. The zero-order valence-electron chi connectivity index (χ0n) is 13.2. The quantitative estimate of drug-likeness (QED) is 0.822. The van der Waals surface area contributed by atoms with Crippen molar-refractivity contribution in [3.63, 3.8) is 0 Å². The van der Waals surface area contributed by atoms with Crippen LogP contribution in [0.4, 0.5) is 10.5 Å². The van der Waals surface area contributed by atoms with Crippen molar-refractivity contribution in [2.24, 2.45) is 5.92 Å². The van der Waals surface area contributed by atoms with Crippen LogP contribution in [0.25, 0.3) is 0 Å². The van der Waals surface area contributed by atoms with E-state index in [0.29, 0.717) is 12.0 Å². The largest absolute Gasteiger partial charge is 0.494 e. The monoisotopic (exact) mass is 303 g/mol. The van der Waals surface area contributed by atoms with Gasteiger partial charge >= 0.3 is 6.03 Å². The number of fused-ring (bicyclic) bond motifs is 1. The summed E-state index contributed by atoms with van der Waals surface area (Å²) in [6, 6.07) is 8.00. The first kappa shape index (κ1) is 15.2. The number of benzene rings is 1. The lowest BCUT2D eigenvalue weighted by Crippen LogP contribution is -2.41. The Morgan fingerprint density at radius 3 is 3.23 bits per heavy atom. The van der Waals surface area contributed by atoms with Crippen LogP contribution in [0, 0.1) is 5.92 Å². The van der Waals surface area contributed by atoms with Crippen LogP contribution in [0.2, 0.25) is 0 Å². The Labute approximate surface area is 132 Å². The first-order valence-corrected chi connectivity index (χ1v) is 8.29. The Balaban J connectivity index is 1.58. The van der Waals surface area contributed by atoms with Crippen LogP contribution in [0.3, 0.4) is 0 Å². The highest BCUT2D eigenvalue weighted by molar-refractivity contribution is 5.90. The lowest BCUT2D eigenvalue weighted by molar-refractivity contribution is 0.206. The van der Waals surface area contributed by atoms with Gasteiger partial charge in [0.1, 0.15) is 5.75 Å². The van der Waals surface area contributed by atoms with Gasteiger partial charge in [-0.25, -0.2) is 4.79 Å². The maximum absolute atomic E-state index is 12.5. The molecule has 0 spiro atoms. The van der Waals surface area contributed by atoms with E-state index in [4.69, 9.17) is 4.74 Å². The number of likely N-dealkylation sites (tertiary alicyclic amines) is 1. The van der Waals surface area contributed by atoms with Gasteiger partial charge in [-0.05, 0) is 30.9 Å². The second kappa shape index (κ2) is 7.01. The van der Waals surface area contributed by atoms with Gasteiger partial charge in [-0.3, -0.25) is 0 Å². The number of carbonyl (C=O) groups excluding carboxylic acids is 1. The molecule has 5 heteroatoms. The molecule has 2 N–H and O–H groups in total. The number of hydrogen-bond donors (Lipinski definition) is 2. The predicted molar refractivity (Wildman–Crippen MR) is 87.3 cm³/mol. The molecule has 0 aromatic heterocycles. The Hall–Kier alpha value is -1.75. The molecule has 0 aliphatic carbocycles. The summed E-state index contributed by atoms with van der Waals surface area (Å²) in [4.78, 5) is 14.4. The maximum Gasteiger partial charge on any atom is 0.322 e. The van der Waals surface area contributed by atoms with Crippen LogP contribution in [0.15, 0.2) is 24.3 Å². The maximum atomic E-state index is 12.5. The second-order valence-electron chi connectivity index (χ2n) is 6.13. The molecule has 0 bridgehead atoms. The molecule has 2 heterocycles. The first-order chi connectivity index (χ1) is 10.8. The van der Waals surface area contributed by atoms with E-state index in [1.54, 1.807) is 0 Å². The zero-order valence-corrected chi connectivity index (χ0v) is 13.2. The van der Waals surface area contributed by atoms with Gasteiger partial charge in [-0.2, -0.15) is 0 Å². The predicted octanol–water partition coefficient (Wildman–Crippen LogP) is 2.69. The molecule has 1 aromatic rings. The van der Waals surface area contributed by atoms with E-state index in [2.05, 4.69) is 17.6 Å². The number of nitrogens with zero attached hydrogens (tertiary/aromatic N) is 1. The van der Waals surface area contributed by atoms with Crippen LogP contribution >= 0.6 is 0 Å². The summed E-state index contributed by atoms with van der Waals surface area (Å²) in [5, 5.41) is 6.38. The van der Waals surface area contributed by atoms with Crippen molar-refractivity contribution in [2.45, 2.75) is 32.2 Å². The Kier molecular flexibility index (Phi) is 4.83. The summed E-state index contributed by atoms with van der Waals surface area (Å²) in [6.07, 6.45) is 3.26. The van der Waals surface area contributed by atoms with Gasteiger partial charge < -0.3 is 20.3 Å². The smallest absolute Gasteiger partial charge is 0.322 e. The highest BCUT2D eigenvalue weighted by atomic mass is 16.5. The number of anilines is 1. The van der Waals surface area contributed by atoms with Crippen molar-refractivity contribution in [3.8, 4) is 5.75 Å². The number of ether oxygens (including phenoxy) is 1. The minimum atomic E-state index is 0.00177. The topological polar surface area (TPSA) is 53.6 Å². The summed E-state index contributed by atoms with van der Waals surface area (Å²) in [6.45, 7) is 5.67. The molecule has 0 unspecified atom stereocenters. The summed E-state index contributed by atoms with van der Waals surface area (Å²) < 4.78 is 5.69. The molecule has 5 nitrogen and oxygen atoms in total. The van der Waals surface area contributed by atoms with Crippen LogP contribution in [0.5, 0.6) is 5.75 Å². The van der Waals surface area contributed by atoms with Crippen molar-refractivity contribution in [2.75, 3.05) is 31.6 Å². The fourth-order valence-electron chi connectivity index (χ4n) is 3.29. The molecule has 22 heavy (non-hydrogen) atoms. The molecular weight excluding hydrogens is 278 g/mol. The molecule has 2 aliphatic rings. The number of carbonyl (C=O) groups is 1. The van der Waals surface area contributed by atoms with Gasteiger partial charge in [-0.15, -0.1) is 0 Å². The Bertz CT molecular complexity index is 520. The SMILES string of the molecule is CCCCOc1cccc(NC(=O)N2CC[C@H]3CNC[C@H]32)c1. The van der Waals surface area contributed by atoms with E-state index in [-0.39, 0.29) is 6.03 Å². The summed E-state index contributed by atoms with van der Waals surface area (Å²) in [7, 11) is 0. The van der Waals surface area contributed by atoms with Gasteiger partial charge in [0.15, 0.2) is 0 Å². The van der Waals surface area contributed by atoms with E-state index in [1.165, 1.54) is 0 Å². The molecule has 1 aromatic carbocycles. The minimum Gasteiger partial charge on any atom is -0.494 e. The van der Waals surface area contributed by atoms with Crippen LogP contribution in [-0.4, -0.2) is 43.2 Å². The van der Waals surface area contributed by atoms with Crippen molar-refractivity contribution < 1.29 is 9.53 Å². The third-order valence-electron chi connectivity index (χ3n) is 4.56. The van der Waals surface area contributed by atoms with Gasteiger partial charge in [0.25, 0.3) is 0 Å². The average molecular weight is 303 g/mol. The van der Waals surface area contributed by atoms with Crippen LogP contribution in [0.1, 0.15) is 26.2 Å². The fourth-order valence-corrected chi connectivity index (χ4v) is 3.29. The molecule has 2 aliphatic heterocycles. The standard InChI is InChI=1S/C17H25N3O2/c1-2-3-9-22-15-6-4-5-14(10-15)19-17(21)20-8-7-13-11-18-12-16(13)20/h4-6,10,13,16,18H,2-3,7-9,11-12H2,1H3,(H,19,21)/t13-,16+/m0/s1. The number of unbranched alkanes of at least 4 members (excludes halogenated alkanes) is 1. The minimum absolute atomic E-state index is 0.00177. The Morgan fingerprint density at radius 1 is 1.45 bits per heavy atom. The van der Waals surface area contributed by atoms with Crippen LogP contribution in [-0.2, 0) is 0 Å². The molecule has 2 saturated heterocycles. The number of urea groups is 1. The second-order valence-corrected chi connectivity index (χ2v) is 6.13. The van der Waals surface area contributed by atoms with E-state index < -0.39 is 0 Å². The number of rotatable bonds is 5. The van der Waals surface area contributed by atoms with E-state index in [9.17, 15) is 4.79 Å². The van der Waals surface area contributed by atoms with Gasteiger partial charge in [0.2, 0.25) is 0 Å². The lowest BCUT2D eigenvalue weighted by Gasteiger charge is -2.23. The summed E-state index contributed by atoms with van der Waals surface area (Å²) in [5.41, 5.74) is 0.799. The normalized spacial score (nSPS) is 23.4. The molecule has 3 rings (SSSR count). The Morgan fingerprint density at radius 2 is 2.36 bits per heavy atom. The summed E-state index contributed by atoms with van der Waals surface area (Å²) >= 11 is 0. The van der Waals surface area contributed by atoms with E-state index >= 15 is 0 Å². The van der Waals surface area contributed by atoms with Crippen molar-refractivity contribution in [1.82, 2.24) is 10.2 Å². The molecular formula is C17H25N3O2. The first-order valence-electron chi connectivity index (χ1n) is 8.29. The van der Waals surface area contributed by atoms with E-state index in [0.717, 1.165) is 56.9 Å². The molecule has 0 radical (unpaired) electrons. The lowest BCUT2D eigenvalue weighted by atomic mass is 10.1. The third kappa shape index (κ3) is 3.35. The third-order valence-corrected chi connectivity index (χ3v) is 4.56. The molecule has 0 saturated carbocycles. The van der Waals surface area contributed by atoms with Crippen molar-refractivity contribution >= 4 is 11.7 Å². The van der Waals surface area contributed by atoms with Gasteiger partial charge in [0.05, 0.1) is 6.61 Å². The van der Waals surface area contributed by atoms with Gasteiger partial charge in [-0.1, -0.05) is 19.4 Å². The van der Waals surface area contributed by atoms with Crippen molar-refractivity contribution in [1.29, 1.82) is 0 Å². The summed E-state index contributed by atoms with van der Waals surface area (Å²) in [5.74, 6) is 1.43. The van der Waals surface area contributed by atoms with Crippen molar-refractivity contribution in [3.05, 3.63) is 24.3 Å². The van der Waals surface area contributed by atoms with Crippen LogP contribution < -0.4 is 15.4 Å². The van der Waals surface area contributed by atoms with Gasteiger partial charge in [0, 0.05) is 37.4 Å². The number of amides is 2. The molecule has 2 fully saturated rings. The zero-order chi connectivity index (χ0) is 15.4. The molecule has 2 atom stereocenters. The molecule has 2 amide bonds. The highest BCUT2D eigenvalue weighted by Gasteiger charge is 2.39. The fraction of sp³-hybridized carbons (Fsp3) is 0.588. The highest BCUT2D eigenvalue weighted by Crippen LogP contribution is 2.28. The average Bonchev–Trinajstić information content (AvgIpc) is 3.10. The van der Waals surface area contributed by atoms with E-state index in [1.807, 2.05) is 29.2 Å².